The molecule has 1 aromatic carbocycles. The Kier molecular flexibility index (Phi) is 5.53. The number of hydrogen-bond donors (Lipinski definition) is 2. The summed E-state index contributed by atoms with van der Waals surface area (Å²) in [5, 5.41) is 6.35. The van der Waals surface area contributed by atoms with E-state index in [4.69, 9.17) is 9.47 Å². The minimum atomic E-state index is -0.223. The van der Waals surface area contributed by atoms with Gasteiger partial charge < -0.3 is 20.1 Å². The zero-order valence-electron chi connectivity index (χ0n) is 18.7. The molecule has 3 aromatic rings. The second-order valence-corrected chi connectivity index (χ2v) is 10.2. The molecule has 0 radical (unpaired) electrons. The lowest BCUT2D eigenvalue weighted by Crippen LogP contribution is -2.29. The van der Waals surface area contributed by atoms with Crippen molar-refractivity contribution in [1.29, 1.82) is 0 Å². The monoisotopic (exact) mass is 480 g/mol. The maximum Gasteiger partial charge on any atom is 0.234 e. The first-order valence-electron chi connectivity index (χ1n) is 11.5. The number of amides is 1. The predicted molar refractivity (Wildman–Crippen MR) is 128 cm³/mol. The number of aromatic nitrogens is 2. The van der Waals surface area contributed by atoms with Crippen LogP contribution in [-0.4, -0.2) is 41.4 Å². The van der Waals surface area contributed by atoms with E-state index >= 15 is 0 Å². The molecule has 0 bridgehead atoms. The predicted octanol–water partition coefficient (Wildman–Crippen LogP) is 4.01. The molecular weight excluding hydrogens is 455 g/mol. The van der Waals surface area contributed by atoms with Crippen molar-refractivity contribution in [1.82, 2.24) is 15.3 Å². The summed E-state index contributed by atoms with van der Waals surface area (Å²) in [5.74, 6) is 3.16. The van der Waals surface area contributed by atoms with Gasteiger partial charge in [-0.1, -0.05) is 0 Å². The molecule has 2 saturated carbocycles. The number of pyridine rings is 2. The third-order valence-corrected chi connectivity index (χ3v) is 8.20. The van der Waals surface area contributed by atoms with E-state index in [0.717, 1.165) is 29.0 Å². The van der Waals surface area contributed by atoms with E-state index in [-0.39, 0.29) is 11.7 Å². The maximum atomic E-state index is 14.5. The molecule has 4 atom stereocenters. The molecule has 2 aliphatic carbocycles. The van der Waals surface area contributed by atoms with Crippen LogP contribution >= 0.6 is 11.8 Å². The maximum absolute atomic E-state index is 14.5. The molecule has 0 spiro atoms. The summed E-state index contributed by atoms with van der Waals surface area (Å²) in [6.07, 6.45) is 3.88. The fourth-order valence-electron chi connectivity index (χ4n) is 5.33. The van der Waals surface area contributed by atoms with Gasteiger partial charge >= 0.3 is 0 Å². The lowest BCUT2D eigenvalue weighted by atomic mass is 10.1. The molecule has 2 fully saturated rings. The van der Waals surface area contributed by atoms with Gasteiger partial charge in [-0.25, -0.2) is 9.37 Å². The summed E-state index contributed by atoms with van der Waals surface area (Å²) in [7, 11) is 1.60. The van der Waals surface area contributed by atoms with Crippen LogP contribution in [0, 0.1) is 23.6 Å². The van der Waals surface area contributed by atoms with Crippen LogP contribution in [0.2, 0.25) is 0 Å². The van der Waals surface area contributed by atoms with Gasteiger partial charge in [-0.2, -0.15) is 0 Å². The van der Waals surface area contributed by atoms with Gasteiger partial charge in [0.05, 0.1) is 30.7 Å². The summed E-state index contributed by atoms with van der Waals surface area (Å²) >= 11 is 1.38. The van der Waals surface area contributed by atoms with Gasteiger partial charge in [-0.3, -0.25) is 9.78 Å². The average Bonchev–Trinajstić information content (AvgIpc) is 3.30. The lowest BCUT2D eigenvalue weighted by molar-refractivity contribution is -0.113. The van der Waals surface area contributed by atoms with Gasteiger partial charge in [-0.15, -0.1) is 11.8 Å². The van der Waals surface area contributed by atoms with Crippen LogP contribution in [0.5, 0.6) is 11.6 Å². The number of rotatable bonds is 7. The number of fused-ring (bicyclic) bond motifs is 3. The molecule has 2 aromatic heterocycles. The molecule has 7 nitrogen and oxygen atoms in total. The van der Waals surface area contributed by atoms with Crippen molar-refractivity contribution in [2.45, 2.75) is 30.3 Å². The Morgan fingerprint density at radius 2 is 2.09 bits per heavy atom. The fraction of sp³-hybridized carbons (Fsp3) is 0.400. The van der Waals surface area contributed by atoms with E-state index < -0.39 is 0 Å². The minimum Gasteiger partial charge on any atom is -0.491 e. The van der Waals surface area contributed by atoms with Crippen molar-refractivity contribution in [3.8, 4) is 11.6 Å². The molecule has 1 amide bonds. The first-order valence-corrected chi connectivity index (χ1v) is 12.5. The smallest absolute Gasteiger partial charge is 0.234 e. The number of thioether (sulfide) groups is 1. The quantitative estimate of drug-likeness (QED) is 0.528. The van der Waals surface area contributed by atoms with Crippen LogP contribution in [0.1, 0.15) is 18.4 Å². The number of carbonyl (C=O) groups excluding carboxylic acids is 1. The molecule has 34 heavy (non-hydrogen) atoms. The number of nitrogens with zero attached hydrogens (tertiary/aromatic N) is 2. The number of carbonyl (C=O) groups is 1. The number of hydrogen-bond acceptors (Lipinski definition) is 7. The van der Waals surface area contributed by atoms with Gasteiger partial charge in [0.1, 0.15) is 17.1 Å². The second kappa shape index (κ2) is 8.70. The van der Waals surface area contributed by atoms with E-state index in [0.29, 0.717) is 65.3 Å². The van der Waals surface area contributed by atoms with Crippen molar-refractivity contribution >= 4 is 34.4 Å². The van der Waals surface area contributed by atoms with Crippen LogP contribution in [0.4, 0.5) is 10.1 Å². The lowest BCUT2D eigenvalue weighted by Gasteiger charge is -2.20. The molecule has 2 unspecified atom stereocenters. The Morgan fingerprint density at radius 1 is 1.24 bits per heavy atom. The number of halogens is 1. The third kappa shape index (κ3) is 4.07. The first kappa shape index (κ1) is 21.6. The standard InChI is InChI=1S/C25H25FN4O3S/c1-32-24-3-2-19-25(30-24)21(4-5-27-19)33-11-17-15-7-14(8-16(15)17)28-10-13-6-20-22(9-18(13)26)34-12-23(31)29-20/h2-6,9,14-17,28H,7-8,10-12H2,1H3,(H,29,31)/t14?,15-,16+,17?. The number of anilines is 1. The van der Waals surface area contributed by atoms with Crippen molar-refractivity contribution < 1.29 is 18.7 Å². The van der Waals surface area contributed by atoms with Crippen LogP contribution in [0.15, 0.2) is 41.4 Å². The number of methoxy groups -OCH3 is 1. The topological polar surface area (TPSA) is 85.4 Å². The zero-order valence-corrected chi connectivity index (χ0v) is 19.5. The summed E-state index contributed by atoms with van der Waals surface area (Å²) in [6.45, 7) is 1.12. The zero-order chi connectivity index (χ0) is 23.2. The van der Waals surface area contributed by atoms with Crippen molar-refractivity contribution in [3.05, 3.63) is 47.9 Å². The largest absolute Gasteiger partial charge is 0.491 e. The average molecular weight is 481 g/mol. The van der Waals surface area contributed by atoms with E-state index in [1.165, 1.54) is 17.8 Å². The van der Waals surface area contributed by atoms with Crippen molar-refractivity contribution in [2.24, 2.45) is 17.8 Å². The normalized spacial score (nSPS) is 24.9. The van der Waals surface area contributed by atoms with Crippen LogP contribution in [0.25, 0.3) is 11.0 Å². The van der Waals surface area contributed by atoms with E-state index in [1.807, 2.05) is 12.1 Å². The first-order chi connectivity index (χ1) is 16.6. The molecule has 3 aliphatic rings. The van der Waals surface area contributed by atoms with E-state index in [2.05, 4.69) is 20.6 Å². The molecule has 9 heteroatoms. The molecule has 3 heterocycles. The summed E-state index contributed by atoms with van der Waals surface area (Å²) in [5.41, 5.74) is 2.80. The Balaban J connectivity index is 1.02. The Morgan fingerprint density at radius 3 is 2.91 bits per heavy atom. The number of ether oxygens (including phenoxy) is 2. The van der Waals surface area contributed by atoms with Crippen molar-refractivity contribution in [3.63, 3.8) is 0 Å². The summed E-state index contributed by atoms with van der Waals surface area (Å²) in [4.78, 5) is 21.3. The van der Waals surface area contributed by atoms with Crippen LogP contribution in [0.3, 0.4) is 0 Å². The van der Waals surface area contributed by atoms with Gasteiger partial charge in [0.15, 0.2) is 0 Å². The Hall–Kier alpha value is -2.91. The Labute approximate surface area is 200 Å². The van der Waals surface area contributed by atoms with Gasteiger partial charge in [-0.05, 0) is 48.8 Å². The highest BCUT2D eigenvalue weighted by Crippen LogP contribution is 2.57. The molecule has 6 rings (SSSR count). The van der Waals surface area contributed by atoms with Gasteiger partial charge in [0.2, 0.25) is 11.8 Å². The Bertz CT molecular complexity index is 1260. The molecule has 2 N–H and O–H groups in total. The highest BCUT2D eigenvalue weighted by molar-refractivity contribution is 8.00. The van der Waals surface area contributed by atoms with Crippen LogP contribution < -0.4 is 20.1 Å². The molecule has 176 valence electrons. The number of nitrogens with one attached hydrogen (secondary N) is 2. The van der Waals surface area contributed by atoms with Gasteiger partial charge in [0, 0.05) is 41.4 Å². The van der Waals surface area contributed by atoms with E-state index in [1.54, 1.807) is 25.4 Å². The SMILES string of the molecule is COc1ccc2nccc(OCC3[C@H]4CC(NCc5cc6c(cc5F)SCC(=O)N6)C[C@@H]34)c2n1. The molecular formula is C25H25FN4O3S. The third-order valence-electron chi connectivity index (χ3n) is 7.15. The van der Waals surface area contributed by atoms with E-state index in [9.17, 15) is 9.18 Å². The fourth-order valence-corrected chi connectivity index (χ4v) is 6.14. The highest BCUT2D eigenvalue weighted by atomic mass is 32.2. The molecule has 1 aliphatic heterocycles. The molecule has 0 saturated heterocycles. The van der Waals surface area contributed by atoms with Crippen molar-refractivity contribution in [2.75, 3.05) is 24.8 Å². The summed E-state index contributed by atoms with van der Waals surface area (Å²) < 4.78 is 25.9. The summed E-state index contributed by atoms with van der Waals surface area (Å²) in [6, 6.07) is 9.19. The highest BCUT2D eigenvalue weighted by Gasteiger charge is 2.56. The number of benzene rings is 1. The van der Waals surface area contributed by atoms with Gasteiger partial charge in [0.25, 0.3) is 0 Å². The van der Waals surface area contributed by atoms with Crippen LogP contribution in [-0.2, 0) is 11.3 Å². The minimum absolute atomic E-state index is 0.0400. The second-order valence-electron chi connectivity index (χ2n) is 9.16.